The number of carbonyl (C=O) groups excluding carboxylic acids is 1. The Hall–Kier alpha value is -1.42. The van der Waals surface area contributed by atoms with Crippen LogP contribution in [0.1, 0.15) is 31.7 Å². The number of piperidine rings is 1. The summed E-state index contributed by atoms with van der Waals surface area (Å²) in [5.41, 5.74) is 0.959. The van der Waals surface area contributed by atoms with Crippen molar-refractivity contribution >= 4 is 5.91 Å². The van der Waals surface area contributed by atoms with Gasteiger partial charge in [-0.15, -0.1) is 0 Å². The molecule has 0 spiro atoms. The highest BCUT2D eigenvalue weighted by Crippen LogP contribution is 2.16. The van der Waals surface area contributed by atoms with Gasteiger partial charge in [-0.2, -0.15) is 0 Å². The van der Waals surface area contributed by atoms with Crippen LogP contribution >= 0.6 is 0 Å². The zero-order valence-electron chi connectivity index (χ0n) is 11.3. The zero-order valence-corrected chi connectivity index (χ0v) is 11.3. The summed E-state index contributed by atoms with van der Waals surface area (Å²) < 4.78 is 18.6. The van der Waals surface area contributed by atoms with E-state index in [1.807, 2.05) is 11.8 Å². The molecule has 1 saturated heterocycles. The van der Waals surface area contributed by atoms with Gasteiger partial charge < -0.3 is 9.64 Å². The number of rotatable bonds is 4. The molecule has 1 fully saturated rings. The molecule has 0 saturated carbocycles. The summed E-state index contributed by atoms with van der Waals surface area (Å²) in [4.78, 5) is 13.5. The fourth-order valence-corrected chi connectivity index (χ4v) is 2.32. The van der Waals surface area contributed by atoms with Crippen molar-refractivity contribution in [1.82, 2.24) is 4.90 Å². The number of likely N-dealkylation sites (tertiary alicyclic amines) is 1. The van der Waals surface area contributed by atoms with Crippen LogP contribution in [0.2, 0.25) is 0 Å². The van der Waals surface area contributed by atoms with Gasteiger partial charge in [-0.05, 0) is 30.5 Å². The van der Waals surface area contributed by atoms with Crippen LogP contribution in [0.25, 0.3) is 0 Å². The summed E-state index contributed by atoms with van der Waals surface area (Å²) in [5.74, 6) is -0.0452. The van der Waals surface area contributed by atoms with E-state index in [0.29, 0.717) is 19.6 Å². The molecule has 2 rings (SSSR count). The molecule has 19 heavy (non-hydrogen) atoms. The molecular formula is C15H20FNO2. The summed E-state index contributed by atoms with van der Waals surface area (Å²) in [6, 6.07) is 6.33. The van der Waals surface area contributed by atoms with Crippen LogP contribution in [-0.2, 0) is 16.1 Å². The van der Waals surface area contributed by atoms with E-state index < -0.39 is 0 Å². The molecule has 104 valence electrons. The maximum atomic E-state index is 12.8. The molecule has 0 N–H and O–H groups in total. The molecule has 4 heteroatoms. The van der Waals surface area contributed by atoms with Gasteiger partial charge in [0.25, 0.3) is 0 Å². The fourth-order valence-electron chi connectivity index (χ4n) is 2.32. The van der Waals surface area contributed by atoms with Crippen molar-refractivity contribution in [2.24, 2.45) is 0 Å². The first-order valence-electron chi connectivity index (χ1n) is 6.83. The molecule has 1 heterocycles. The lowest BCUT2D eigenvalue weighted by atomic mass is 10.1. The minimum Gasteiger partial charge on any atom is -0.372 e. The molecule has 1 aliphatic rings. The average molecular weight is 265 g/mol. The highest BCUT2D eigenvalue weighted by Gasteiger charge is 2.22. The SMILES string of the molecule is CCC(=O)N1CCCC(OCc2ccc(F)cc2)C1. The number of halogens is 1. The lowest BCUT2D eigenvalue weighted by molar-refractivity contribution is -0.135. The van der Waals surface area contributed by atoms with E-state index in [0.717, 1.165) is 24.9 Å². The largest absolute Gasteiger partial charge is 0.372 e. The van der Waals surface area contributed by atoms with Crippen molar-refractivity contribution < 1.29 is 13.9 Å². The van der Waals surface area contributed by atoms with E-state index >= 15 is 0 Å². The molecule has 3 nitrogen and oxygen atoms in total. The number of hydrogen-bond donors (Lipinski definition) is 0. The Morgan fingerprint density at radius 2 is 2.16 bits per heavy atom. The van der Waals surface area contributed by atoms with Gasteiger partial charge in [-0.3, -0.25) is 4.79 Å². The Kier molecular flexibility index (Phi) is 4.91. The molecular weight excluding hydrogens is 245 g/mol. The number of benzene rings is 1. The fraction of sp³-hybridized carbons (Fsp3) is 0.533. The van der Waals surface area contributed by atoms with Crippen molar-refractivity contribution in [3.63, 3.8) is 0 Å². The molecule has 0 bridgehead atoms. The lowest BCUT2D eigenvalue weighted by Gasteiger charge is -2.32. The molecule has 1 aromatic rings. The molecule has 1 atom stereocenters. The maximum Gasteiger partial charge on any atom is 0.222 e. The van der Waals surface area contributed by atoms with E-state index in [1.54, 1.807) is 12.1 Å². The number of hydrogen-bond acceptors (Lipinski definition) is 2. The zero-order chi connectivity index (χ0) is 13.7. The molecule has 0 aromatic heterocycles. The quantitative estimate of drug-likeness (QED) is 0.837. The van der Waals surface area contributed by atoms with Gasteiger partial charge in [0, 0.05) is 19.5 Å². The van der Waals surface area contributed by atoms with Gasteiger partial charge in [-0.25, -0.2) is 4.39 Å². The van der Waals surface area contributed by atoms with Crippen LogP contribution < -0.4 is 0 Å². The summed E-state index contributed by atoms with van der Waals surface area (Å²) in [7, 11) is 0. The van der Waals surface area contributed by atoms with Gasteiger partial charge in [0.2, 0.25) is 5.91 Å². The summed E-state index contributed by atoms with van der Waals surface area (Å²) in [5, 5.41) is 0. The second-order valence-corrected chi connectivity index (χ2v) is 4.90. The number of amides is 1. The van der Waals surface area contributed by atoms with Crippen molar-refractivity contribution in [1.29, 1.82) is 0 Å². The minimum absolute atomic E-state index is 0.0919. The Bertz CT molecular complexity index is 419. The monoisotopic (exact) mass is 265 g/mol. The Labute approximate surface area is 113 Å². The first-order chi connectivity index (χ1) is 9.19. The van der Waals surface area contributed by atoms with Crippen molar-refractivity contribution in [2.75, 3.05) is 13.1 Å². The first kappa shape index (κ1) is 14.0. The highest BCUT2D eigenvalue weighted by molar-refractivity contribution is 5.75. The third kappa shape index (κ3) is 4.03. The standard InChI is InChI=1S/C15H20FNO2/c1-2-15(18)17-9-3-4-14(10-17)19-11-12-5-7-13(16)8-6-12/h5-8,14H,2-4,9-11H2,1H3. The smallest absolute Gasteiger partial charge is 0.222 e. The van der Waals surface area contributed by atoms with E-state index in [2.05, 4.69) is 0 Å². The van der Waals surface area contributed by atoms with Crippen molar-refractivity contribution in [3.8, 4) is 0 Å². The van der Waals surface area contributed by atoms with Gasteiger partial charge in [0.05, 0.1) is 12.7 Å². The first-order valence-corrected chi connectivity index (χ1v) is 6.83. The molecule has 1 aromatic carbocycles. The summed E-state index contributed by atoms with van der Waals surface area (Å²) in [6.45, 7) is 3.86. The van der Waals surface area contributed by atoms with Crippen molar-refractivity contribution in [3.05, 3.63) is 35.6 Å². The van der Waals surface area contributed by atoms with Crippen LogP contribution in [0, 0.1) is 5.82 Å². The topological polar surface area (TPSA) is 29.5 Å². The predicted molar refractivity (Wildman–Crippen MR) is 71.1 cm³/mol. The maximum absolute atomic E-state index is 12.8. The second kappa shape index (κ2) is 6.66. The number of nitrogens with zero attached hydrogens (tertiary/aromatic N) is 1. The number of ether oxygens (including phenoxy) is 1. The highest BCUT2D eigenvalue weighted by atomic mass is 19.1. The van der Waals surface area contributed by atoms with Crippen LogP contribution in [0.4, 0.5) is 4.39 Å². The Balaban J connectivity index is 1.82. The van der Waals surface area contributed by atoms with Gasteiger partial charge in [0.15, 0.2) is 0 Å². The minimum atomic E-state index is -0.235. The third-order valence-electron chi connectivity index (χ3n) is 3.43. The van der Waals surface area contributed by atoms with E-state index in [9.17, 15) is 9.18 Å². The van der Waals surface area contributed by atoms with Crippen LogP contribution in [0.5, 0.6) is 0 Å². The third-order valence-corrected chi connectivity index (χ3v) is 3.43. The molecule has 0 radical (unpaired) electrons. The second-order valence-electron chi connectivity index (χ2n) is 4.90. The van der Waals surface area contributed by atoms with Gasteiger partial charge in [0.1, 0.15) is 5.82 Å². The van der Waals surface area contributed by atoms with E-state index in [1.165, 1.54) is 12.1 Å². The normalized spacial score (nSPS) is 19.5. The van der Waals surface area contributed by atoms with Gasteiger partial charge >= 0.3 is 0 Å². The van der Waals surface area contributed by atoms with Crippen molar-refractivity contribution in [2.45, 2.75) is 38.9 Å². The van der Waals surface area contributed by atoms with E-state index in [-0.39, 0.29) is 17.8 Å². The van der Waals surface area contributed by atoms with Crippen LogP contribution in [-0.4, -0.2) is 30.0 Å². The summed E-state index contributed by atoms with van der Waals surface area (Å²) in [6.07, 6.45) is 2.61. The van der Waals surface area contributed by atoms with Crippen LogP contribution in [0.3, 0.4) is 0 Å². The lowest BCUT2D eigenvalue weighted by Crippen LogP contribution is -2.42. The van der Waals surface area contributed by atoms with E-state index in [4.69, 9.17) is 4.74 Å². The summed E-state index contributed by atoms with van der Waals surface area (Å²) >= 11 is 0. The molecule has 1 aliphatic heterocycles. The molecule has 1 unspecified atom stereocenters. The molecule has 0 aliphatic carbocycles. The predicted octanol–water partition coefficient (Wildman–Crippen LogP) is 2.74. The van der Waals surface area contributed by atoms with Crippen LogP contribution in [0.15, 0.2) is 24.3 Å². The Morgan fingerprint density at radius 3 is 2.84 bits per heavy atom. The average Bonchev–Trinajstić information content (AvgIpc) is 2.46. The van der Waals surface area contributed by atoms with Gasteiger partial charge in [-0.1, -0.05) is 19.1 Å². The molecule has 1 amide bonds. The Morgan fingerprint density at radius 1 is 1.42 bits per heavy atom. The number of carbonyl (C=O) groups is 1.